The summed E-state index contributed by atoms with van der Waals surface area (Å²) in [4.78, 5) is 26.2. The molecular weight excluding hydrogens is 350 g/mol. The lowest BCUT2D eigenvalue weighted by Gasteiger charge is -2.19. The molecule has 1 amide bonds. The largest absolute Gasteiger partial charge is 0.495 e. The number of amides is 1. The number of para-hydroxylation sites is 2. The molecule has 5 nitrogen and oxygen atoms in total. The van der Waals surface area contributed by atoms with Crippen LogP contribution in [0.1, 0.15) is 41.1 Å². The molecular formula is C20H23NO4S. The monoisotopic (exact) mass is 373 g/mol. The van der Waals surface area contributed by atoms with Crippen molar-refractivity contribution in [3.05, 3.63) is 45.6 Å². The summed E-state index contributed by atoms with van der Waals surface area (Å²) in [7, 11) is 1.54. The van der Waals surface area contributed by atoms with Crippen molar-refractivity contribution in [2.75, 3.05) is 12.4 Å². The van der Waals surface area contributed by atoms with Gasteiger partial charge in [0.05, 0.1) is 18.4 Å². The normalized spacial score (nSPS) is 17.1. The fourth-order valence-corrected chi connectivity index (χ4v) is 4.34. The molecule has 0 spiro atoms. The first-order valence-electron chi connectivity index (χ1n) is 8.73. The molecule has 0 saturated carbocycles. The molecule has 3 rings (SSSR count). The first kappa shape index (κ1) is 18.5. The maximum absolute atomic E-state index is 12.5. The summed E-state index contributed by atoms with van der Waals surface area (Å²) >= 11 is 1.61. The van der Waals surface area contributed by atoms with E-state index >= 15 is 0 Å². The van der Waals surface area contributed by atoms with Gasteiger partial charge < -0.3 is 14.8 Å². The van der Waals surface area contributed by atoms with E-state index in [0.717, 1.165) is 24.8 Å². The SMILES string of the molecule is COc1ccccc1NC(=O)C(C)OC(=O)c1csc2c1CCC(C)C2. The van der Waals surface area contributed by atoms with Crippen LogP contribution in [0.5, 0.6) is 5.75 Å². The van der Waals surface area contributed by atoms with E-state index in [-0.39, 0.29) is 5.91 Å². The van der Waals surface area contributed by atoms with E-state index in [9.17, 15) is 9.59 Å². The average Bonchev–Trinajstić information content (AvgIpc) is 3.05. The number of thiophene rings is 1. The molecule has 0 bridgehead atoms. The molecule has 2 aromatic rings. The van der Waals surface area contributed by atoms with Gasteiger partial charge in [-0.15, -0.1) is 11.3 Å². The van der Waals surface area contributed by atoms with Gasteiger partial charge in [0, 0.05) is 10.3 Å². The highest BCUT2D eigenvalue weighted by Gasteiger charge is 2.26. The highest BCUT2D eigenvalue weighted by molar-refractivity contribution is 7.10. The Balaban J connectivity index is 1.65. The van der Waals surface area contributed by atoms with Crippen molar-refractivity contribution in [3.63, 3.8) is 0 Å². The number of rotatable bonds is 5. The molecule has 1 aromatic heterocycles. The third kappa shape index (κ3) is 3.90. The Morgan fingerprint density at radius 1 is 1.31 bits per heavy atom. The third-order valence-electron chi connectivity index (χ3n) is 4.64. The third-order valence-corrected chi connectivity index (χ3v) is 5.69. The number of carbonyl (C=O) groups excluding carboxylic acids is 2. The quantitative estimate of drug-likeness (QED) is 0.803. The molecule has 0 aliphatic heterocycles. The Morgan fingerprint density at radius 2 is 2.08 bits per heavy atom. The summed E-state index contributed by atoms with van der Waals surface area (Å²) in [6, 6.07) is 7.11. The van der Waals surface area contributed by atoms with Crippen molar-refractivity contribution in [3.8, 4) is 5.75 Å². The van der Waals surface area contributed by atoms with Gasteiger partial charge in [0.15, 0.2) is 6.10 Å². The van der Waals surface area contributed by atoms with Crippen LogP contribution in [-0.2, 0) is 22.4 Å². The van der Waals surface area contributed by atoms with Gasteiger partial charge in [0.2, 0.25) is 0 Å². The number of hydrogen-bond acceptors (Lipinski definition) is 5. The maximum Gasteiger partial charge on any atom is 0.340 e. The number of nitrogens with one attached hydrogen (secondary N) is 1. The van der Waals surface area contributed by atoms with Crippen molar-refractivity contribution < 1.29 is 19.1 Å². The van der Waals surface area contributed by atoms with Gasteiger partial charge in [-0.05, 0) is 49.8 Å². The molecule has 0 fully saturated rings. The van der Waals surface area contributed by atoms with E-state index in [2.05, 4.69) is 12.2 Å². The molecule has 0 saturated heterocycles. The fraction of sp³-hybridized carbons (Fsp3) is 0.400. The molecule has 138 valence electrons. The Morgan fingerprint density at radius 3 is 2.85 bits per heavy atom. The van der Waals surface area contributed by atoms with Gasteiger partial charge in [0.25, 0.3) is 5.91 Å². The van der Waals surface area contributed by atoms with E-state index in [1.807, 2.05) is 11.4 Å². The lowest BCUT2D eigenvalue weighted by atomic mass is 9.88. The van der Waals surface area contributed by atoms with Crippen molar-refractivity contribution in [2.24, 2.45) is 5.92 Å². The second-order valence-corrected chi connectivity index (χ2v) is 7.60. The first-order chi connectivity index (χ1) is 12.5. The van der Waals surface area contributed by atoms with E-state index in [1.54, 1.807) is 36.5 Å². The highest BCUT2D eigenvalue weighted by atomic mass is 32.1. The summed E-state index contributed by atoms with van der Waals surface area (Å²) in [5.41, 5.74) is 2.24. The molecule has 1 aliphatic carbocycles. The van der Waals surface area contributed by atoms with Crippen LogP contribution in [0.3, 0.4) is 0 Å². The van der Waals surface area contributed by atoms with Gasteiger partial charge in [-0.3, -0.25) is 4.79 Å². The fourth-order valence-electron chi connectivity index (χ4n) is 3.11. The predicted molar refractivity (Wildman–Crippen MR) is 102 cm³/mol. The zero-order valence-corrected chi connectivity index (χ0v) is 16.0. The van der Waals surface area contributed by atoms with Gasteiger partial charge in [0.1, 0.15) is 5.75 Å². The minimum Gasteiger partial charge on any atom is -0.495 e. The number of ether oxygens (including phenoxy) is 2. The molecule has 1 aliphatic rings. The van der Waals surface area contributed by atoms with E-state index in [0.29, 0.717) is 22.9 Å². The van der Waals surface area contributed by atoms with Crippen LogP contribution in [0.2, 0.25) is 0 Å². The molecule has 1 N–H and O–H groups in total. The summed E-state index contributed by atoms with van der Waals surface area (Å²) in [6.45, 7) is 3.80. The zero-order valence-electron chi connectivity index (χ0n) is 15.2. The Hall–Kier alpha value is -2.34. The van der Waals surface area contributed by atoms with Crippen molar-refractivity contribution in [1.82, 2.24) is 0 Å². The minimum atomic E-state index is -0.898. The van der Waals surface area contributed by atoms with Crippen LogP contribution >= 0.6 is 11.3 Å². The molecule has 1 aromatic carbocycles. The average molecular weight is 373 g/mol. The highest BCUT2D eigenvalue weighted by Crippen LogP contribution is 2.33. The number of anilines is 1. The van der Waals surface area contributed by atoms with Gasteiger partial charge in [-0.25, -0.2) is 4.79 Å². The second kappa shape index (κ2) is 7.91. The van der Waals surface area contributed by atoms with Crippen molar-refractivity contribution in [1.29, 1.82) is 0 Å². The Kier molecular flexibility index (Phi) is 5.61. The summed E-state index contributed by atoms with van der Waals surface area (Å²) in [5.74, 6) is 0.385. The van der Waals surface area contributed by atoms with Gasteiger partial charge in [-0.1, -0.05) is 19.1 Å². The lowest BCUT2D eigenvalue weighted by molar-refractivity contribution is -0.123. The van der Waals surface area contributed by atoms with Crippen LogP contribution in [0.4, 0.5) is 5.69 Å². The Labute approximate surface area is 157 Å². The summed E-state index contributed by atoms with van der Waals surface area (Å²) in [6.07, 6.45) is 2.09. The van der Waals surface area contributed by atoms with Gasteiger partial charge in [-0.2, -0.15) is 0 Å². The van der Waals surface area contributed by atoms with E-state index in [4.69, 9.17) is 9.47 Å². The second-order valence-electron chi connectivity index (χ2n) is 6.64. The lowest BCUT2D eigenvalue weighted by Crippen LogP contribution is -2.30. The Bertz CT molecular complexity index is 814. The smallest absolute Gasteiger partial charge is 0.340 e. The topological polar surface area (TPSA) is 64.6 Å². The van der Waals surface area contributed by atoms with Crippen LogP contribution < -0.4 is 10.1 Å². The number of hydrogen-bond donors (Lipinski definition) is 1. The van der Waals surface area contributed by atoms with Crippen LogP contribution in [0, 0.1) is 5.92 Å². The molecule has 2 unspecified atom stereocenters. The van der Waals surface area contributed by atoms with Crippen LogP contribution in [-0.4, -0.2) is 25.1 Å². The molecule has 6 heteroatoms. The summed E-state index contributed by atoms with van der Waals surface area (Å²) < 4.78 is 10.6. The number of methoxy groups -OCH3 is 1. The molecule has 1 heterocycles. The van der Waals surface area contributed by atoms with Gasteiger partial charge >= 0.3 is 5.97 Å². The standard InChI is InChI=1S/C20H23NO4S/c1-12-8-9-14-15(11-26-18(14)10-12)20(23)25-13(2)19(22)21-16-6-4-5-7-17(16)24-3/h4-7,11-13H,8-10H2,1-3H3,(H,21,22). The molecule has 26 heavy (non-hydrogen) atoms. The van der Waals surface area contributed by atoms with Crippen molar-refractivity contribution in [2.45, 2.75) is 39.2 Å². The van der Waals surface area contributed by atoms with E-state index < -0.39 is 12.1 Å². The zero-order chi connectivity index (χ0) is 18.7. The maximum atomic E-state index is 12.5. The van der Waals surface area contributed by atoms with Crippen molar-refractivity contribution >= 4 is 28.9 Å². The van der Waals surface area contributed by atoms with Crippen LogP contribution in [0.15, 0.2) is 29.6 Å². The number of esters is 1. The first-order valence-corrected chi connectivity index (χ1v) is 9.61. The summed E-state index contributed by atoms with van der Waals surface area (Å²) in [5, 5.41) is 4.60. The number of benzene rings is 1. The molecule has 0 radical (unpaired) electrons. The number of carbonyl (C=O) groups is 2. The number of fused-ring (bicyclic) bond motifs is 1. The molecule has 2 atom stereocenters. The van der Waals surface area contributed by atoms with Crippen LogP contribution in [0.25, 0.3) is 0 Å². The minimum absolute atomic E-state index is 0.388. The van der Waals surface area contributed by atoms with E-state index in [1.165, 1.54) is 12.0 Å². The predicted octanol–water partition coefficient (Wildman–Crippen LogP) is 4.07.